The zero-order chi connectivity index (χ0) is 30.1. The Hall–Kier alpha value is -2.15. The summed E-state index contributed by atoms with van der Waals surface area (Å²) in [6.07, 6.45) is -0.644. The minimum Gasteiger partial charge on any atom is -0.411 e. The van der Waals surface area contributed by atoms with Gasteiger partial charge >= 0.3 is 0 Å². The highest BCUT2D eigenvalue weighted by Crippen LogP contribution is 2.40. The fraction of sp³-hybridized carbons (Fsp3) is 0.406. The van der Waals surface area contributed by atoms with E-state index in [2.05, 4.69) is 108 Å². The van der Waals surface area contributed by atoms with Crippen LogP contribution in [0.5, 0.6) is 0 Å². The predicted molar refractivity (Wildman–Crippen MR) is 177 cm³/mol. The van der Waals surface area contributed by atoms with Crippen LogP contribution in [0.4, 0.5) is 0 Å². The predicted octanol–water partition coefficient (Wildman–Crippen LogP) is 7.04. The topological polar surface area (TPSA) is 65.5 Å². The summed E-state index contributed by atoms with van der Waals surface area (Å²) < 4.78 is 42.7. The molecule has 5 nitrogen and oxygen atoms in total. The van der Waals surface area contributed by atoms with Crippen molar-refractivity contribution in [2.24, 2.45) is 0 Å². The first-order valence-corrected chi connectivity index (χ1v) is 21.4. The molecule has 0 fully saturated rings. The molecule has 0 amide bonds. The Kier molecular flexibility index (Phi) is 9.19. The summed E-state index contributed by atoms with van der Waals surface area (Å²) in [4.78, 5) is 4.48. The van der Waals surface area contributed by atoms with Crippen molar-refractivity contribution in [3.05, 3.63) is 84.9 Å². The molecule has 1 atom stereocenters. The maximum atomic E-state index is 13.8. The molecule has 3 aromatic carbocycles. The molecule has 0 spiro atoms. The maximum absolute atomic E-state index is 13.8. The van der Waals surface area contributed by atoms with Gasteiger partial charge in [-0.25, -0.2) is 13.4 Å². The van der Waals surface area contributed by atoms with E-state index in [1.54, 1.807) is 0 Å². The number of sulfone groups is 1. The molecule has 0 saturated heterocycles. The fourth-order valence-electron chi connectivity index (χ4n) is 4.99. The van der Waals surface area contributed by atoms with E-state index < -0.39 is 32.6 Å². The minimum atomic E-state index is -3.73. The number of rotatable bonds is 10. The molecule has 1 aromatic heterocycles. The van der Waals surface area contributed by atoms with Gasteiger partial charge in [-0.05, 0) is 45.7 Å². The van der Waals surface area contributed by atoms with Gasteiger partial charge in [-0.1, -0.05) is 114 Å². The Morgan fingerprint density at radius 3 is 1.78 bits per heavy atom. The summed E-state index contributed by atoms with van der Waals surface area (Å²) in [5.41, 5.74) is 0.696. The molecule has 0 radical (unpaired) electrons. The lowest BCUT2D eigenvalue weighted by molar-refractivity contribution is 0.126. The number of para-hydroxylation sites is 1. The second-order valence-corrected chi connectivity index (χ2v) is 25.5. The molecule has 41 heavy (non-hydrogen) atoms. The molecule has 0 aliphatic rings. The Balaban J connectivity index is 1.77. The van der Waals surface area contributed by atoms with E-state index in [0.29, 0.717) is 5.52 Å². The van der Waals surface area contributed by atoms with Gasteiger partial charge in [0.1, 0.15) is 0 Å². The van der Waals surface area contributed by atoms with Crippen LogP contribution < -0.4 is 10.4 Å². The Labute approximate surface area is 252 Å². The number of benzene rings is 3. The van der Waals surface area contributed by atoms with Crippen LogP contribution in [0.3, 0.4) is 0 Å². The largest absolute Gasteiger partial charge is 0.411 e. The molecule has 4 aromatic rings. The highest BCUT2D eigenvalue weighted by Gasteiger charge is 2.51. The van der Waals surface area contributed by atoms with Crippen LogP contribution in [0.15, 0.2) is 89.3 Å². The standard InChI is InChI=1S/C32H43NO4S2Si2/c1-31(2,3)40(7,8)37-25(24-39(34,35)30-33-28-21-15-16-22-29(28)38-30)23-36-41(32(4,5)6,26-17-11-9-12-18-26)27-19-13-10-14-20-27/h9-22,25H,23-24H2,1-8H3/t25-/m1/s1. The lowest BCUT2D eigenvalue weighted by atomic mass is 10.2. The molecule has 0 unspecified atom stereocenters. The van der Waals surface area contributed by atoms with Crippen LogP contribution in [0.25, 0.3) is 10.2 Å². The van der Waals surface area contributed by atoms with E-state index in [9.17, 15) is 8.42 Å². The summed E-state index contributed by atoms with van der Waals surface area (Å²) in [6.45, 7) is 17.7. The first-order chi connectivity index (χ1) is 19.1. The number of thiazole rings is 1. The maximum Gasteiger partial charge on any atom is 0.261 e. The second kappa shape index (κ2) is 11.9. The van der Waals surface area contributed by atoms with Gasteiger partial charge in [-0.15, -0.1) is 11.3 Å². The molecule has 0 aliphatic carbocycles. The fourth-order valence-corrected chi connectivity index (χ4v) is 13.8. The van der Waals surface area contributed by atoms with Gasteiger partial charge in [-0.3, -0.25) is 0 Å². The highest BCUT2D eigenvalue weighted by atomic mass is 32.2. The quantitative estimate of drug-likeness (QED) is 0.177. The van der Waals surface area contributed by atoms with E-state index in [1.807, 2.05) is 36.4 Å². The number of aromatic nitrogens is 1. The van der Waals surface area contributed by atoms with Crippen LogP contribution in [0.2, 0.25) is 23.2 Å². The highest BCUT2D eigenvalue weighted by molar-refractivity contribution is 7.93. The van der Waals surface area contributed by atoms with Crippen molar-refractivity contribution in [1.29, 1.82) is 0 Å². The third kappa shape index (κ3) is 6.76. The molecule has 220 valence electrons. The minimum absolute atomic E-state index is 0.0950. The smallest absolute Gasteiger partial charge is 0.261 e. The molecule has 9 heteroatoms. The third-order valence-electron chi connectivity index (χ3n) is 8.12. The first-order valence-electron chi connectivity index (χ1n) is 14.1. The molecule has 0 saturated carbocycles. The second-order valence-electron chi connectivity index (χ2n) is 13.2. The first kappa shape index (κ1) is 31.8. The summed E-state index contributed by atoms with van der Waals surface area (Å²) in [7, 11) is -8.97. The van der Waals surface area contributed by atoms with Crippen LogP contribution in [-0.4, -0.2) is 48.5 Å². The number of hydrogen-bond donors (Lipinski definition) is 0. The van der Waals surface area contributed by atoms with E-state index in [4.69, 9.17) is 8.85 Å². The van der Waals surface area contributed by atoms with E-state index in [1.165, 1.54) is 11.3 Å². The summed E-state index contributed by atoms with van der Waals surface area (Å²) >= 11 is 1.22. The normalized spacial score (nSPS) is 14.3. The van der Waals surface area contributed by atoms with Crippen molar-refractivity contribution < 1.29 is 17.3 Å². The zero-order valence-electron chi connectivity index (χ0n) is 25.5. The van der Waals surface area contributed by atoms with Gasteiger partial charge in [0.15, 0.2) is 8.32 Å². The van der Waals surface area contributed by atoms with Crippen molar-refractivity contribution in [2.45, 2.75) is 75.2 Å². The van der Waals surface area contributed by atoms with Gasteiger partial charge in [0.2, 0.25) is 14.2 Å². The van der Waals surface area contributed by atoms with Gasteiger partial charge in [0.05, 0.1) is 28.7 Å². The monoisotopic (exact) mass is 625 g/mol. The van der Waals surface area contributed by atoms with E-state index in [-0.39, 0.29) is 26.8 Å². The molecule has 1 heterocycles. The lowest BCUT2D eigenvalue weighted by Gasteiger charge is -2.45. The van der Waals surface area contributed by atoms with Crippen LogP contribution in [0.1, 0.15) is 41.5 Å². The number of hydrogen-bond acceptors (Lipinski definition) is 6. The molecular weight excluding hydrogens is 583 g/mol. The average Bonchev–Trinajstić information content (AvgIpc) is 3.34. The van der Waals surface area contributed by atoms with Gasteiger partial charge < -0.3 is 8.85 Å². The van der Waals surface area contributed by atoms with Crippen molar-refractivity contribution >= 4 is 58.4 Å². The Morgan fingerprint density at radius 2 is 1.29 bits per heavy atom. The van der Waals surface area contributed by atoms with Gasteiger partial charge in [-0.2, -0.15) is 0 Å². The molecule has 0 N–H and O–H groups in total. The Morgan fingerprint density at radius 1 is 0.780 bits per heavy atom. The van der Waals surface area contributed by atoms with Crippen molar-refractivity contribution in [3.8, 4) is 0 Å². The number of fused-ring (bicyclic) bond motifs is 1. The van der Waals surface area contributed by atoms with Crippen molar-refractivity contribution in [1.82, 2.24) is 4.98 Å². The molecule has 0 bridgehead atoms. The van der Waals surface area contributed by atoms with Crippen molar-refractivity contribution in [3.63, 3.8) is 0 Å². The summed E-state index contributed by atoms with van der Waals surface area (Å²) in [5.74, 6) is -0.183. The average molecular weight is 626 g/mol. The van der Waals surface area contributed by atoms with Crippen molar-refractivity contribution in [2.75, 3.05) is 12.4 Å². The summed E-state index contributed by atoms with van der Waals surface area (Å²) in [5, 5.41) is 1.98. The van der Waals surface area contributed by atoms with Crippen LogP contribution >= 0.6 is 11.3 Å². The van der Waals surface area contributed by atoms with E-state index >= 15 is 0 Å². The molecular formula is C32H43NO4S2Si2. The van der Waals surface area contributed by atoms with Gasteiger partial charge in [0, 0.05) is 0 Å². The van der Waals surface area contributed by atoms with Crippen LogP contribution in [-0.2, 0) is 18.7 Å². The molecule has 0 aliphatic heterocycles. The lowest BCUT2D eigenvalue weighted by Crippen LogP contribution is -2.67. The summed E-state index contributed by atoms with van der Waals surface area (Å²) in [6, 6.07) is 28.4. The molecule has 4 rings (SSSR count). The van der Waals surface area contributed by atoms with Crippen LogP contribution in [0, 0.1) is 0 Å². The number of nitrogens with zero attached hydrogens (tertiary/aromatic N) is 1. The van der Waals surface area contributed by atoms with E-state index in [0.717, 1.165) is 15.1 Å². The zero-order valence-corrected chi connectivity index (χ0v) is 29.1. The Bertz CT molecular complexity index is 1490. The SMILES string of the molecule is CC(C)(C)[Si](C)(C)O[C@H](CO[Si](c1ccccc1)(c1ccccc1)C(C)(C)C)CS(=O)(=O)c1nc2ccccc2s1. The third-order valence-corrected chi connectivity index (χ3v) is 20.9. The van der Waals surface area contributed by atoms with Gasteiger partial charge in [0.25, 0.3) is 8.32 Å².